The second-order valence-corrected chi connectivity index (χ2v) is 5.50. The zero-order chi connectivity index (χ0) is 16.8. The summed E-state index contributed by atoms with van der Waals surface area (Å²) in [6.45, 7) is 0. The van der Waals surface area contributed by atoms with Gasteiger partial charge in [0.2, 0.25) is 0 Å². The van der Waals surface area contributed by atoms with Crippen LogP contribution in [0.3, 0.4) is 0 Å². The lowest BCUT2D eigenvalue weighted by Gasteiger charge is -2.07. The summed E-state index contributed by atoms with van der Waals surface area (Å²) in [4.78, 5) is 12.1. The van der Waals surface area contributed by atoms with E-state index in [4.69, 9.17) is 9.47 Å². The van der Waals surface area contributed by atoms with Crippen molar-refractivity contribution in [1.29, 1.82) is 0 Å². The Labute approximate surface area is 147 Å². The molecular formula is C16H15IN2O4. The van der Waals surface area contributed by atoms with Crippen molar-refractivity contribution in [2.75, 3.05) is 14.2 Å². The van der Waals surface area contributed by atoms with Gasteiger partial charge in [0.25, 0.3) is 5.91 Å². The smallest absolute Gasteiger partial charge is 0.275 e. The number of phenolic OH excluding ortho intramolecular Hbond substituents is 1. The number of methoxy groups -OCH3 is 2. The minimum absolute atomic E-state index is 0.0353. The Morgan fingerprint density at radius 1 is 1.17 bits per heavy atom. The maximum Gasteiger partial charge on any atom is 0.275 e. The summed E-state index contributed by atoms with van der Waals surface area (Å²) < 4.78 is 10.7. The summed E-state index contributed by atoms with van der Waals surface area (Å²) in [5.41, 5.74) is 3.48. The quantitative estimate of drug-likeness (QED) is 0.438. The second kappa shape index (κ2) is 7.82. The van der Waals surface area contributed by atoms with Crippen molar-refractivity contribution >= 4 is 34.7 Å². The first kappa shape index (κ1) is 17.1. The van der Waals surface area contributed by atoms with Gasteiger partial charge >= 0.3 is 0 Å². The number of nitrogens with zero attached hydrogens (tertiary/aromatic N) is 1. The van der Waals surface area contributed by atoms with Crippen molar-refractivity contribution in [2.24, 2.45) is 5.10 Å². The van der Waals surface area contributed by atoms with E-state index < -0.39 is 0 Å². The fraction of sp³-hybridized carbons (Fsp3) is 0.125. The van der Waals surface area contributed by atoms with Crippen molar-refractivity contribution in [2.45, 2.75) is 0 Å². The Morgan fingerprint density at radius 3 is 2.57 bits per heavy atom. The van der Waals surface area contributed by atoms with Gasteiger partial charge in [-0.1, -0.05) is 12.1 Å². The topological polar surface area (TPSA) is 80.2 Å². The molecule has 2 aromatic carbocycles. The predicted octanol–water partition coefficient (Wildman–Crippen LogP) is 2.78. The van der Waals surface area contributed by atoms with Crippen LogP contribution in [0.25, 0.3) is 0 Å². The van der Waals surface area contributed by atoms with E-state index in [1.54, 1.807) is 36.4 Å². The lowest BCUT2D eigenvalue weighted by atomic mass is 10.2. The van der Waals surface area contributed by atoms with E-state index in [2.05, 4.69) is 10.5 Å². The van der Waals surface area contributed by atoms with E-state index in [1.807, 2.05) is 22.6 Å². The van der Waals surface area contributed by atoms with Crippen LogP contribution in [0.1, 0.15) is 15.9 Å². The SMILES string of the molecule is COc1ccccc1C(=O)N/N=C/c1ccc(OC)c(O)c1I. The normalized spacial score (nSPS) is 10.6. The molecule has 0 heterocycles. The zero-order valence-electron chi connectivity index (χ0n) is 12.5. The standard InChI is InChI=1S/C16H15IN2O4/c1-22-12-6-4-3-5-11(12)16(21)19-18-9-10-7-8-13(23-2)15(20)14(10)17/h3-9,20H,1-2H3,(H,19,21)/b18-9+. The van der Waals surface area contributed by atoms with Gasteiger partial charge in [-0.05, 0) is 46.9 Å². The fourth-order valence-corrected chi connectivity index (χ4v) is 2.46. The van der Waals surface area contributed by atoms with Gasteiger partial charge in [0, 0.05) is 5.56 Å². The Kier molecular flexibility index (Phi) is 5.80. The number of hydrazone groups is 1. The van der Waals surface area contributed by atoms with E-state index in [0.29, 0.717) is 26.2 Å². The molecule has 23 heavy (non-hydrogen) atoms. The van der Waals surface area contributed by atoms with Crippen molar-refractivity contribution in [3.63, 3.8) is 0 Å². The van der Waals surface area contributed by atoms with Gasteiger partial charge in [-0.3, -0.25) is 4.79 Å². The molecule has 0 spiro atoms. The monoisotopic (exact) mass is 426 g/mol. The number of carbonyl (C=O) groups excluding carboxylic acids is 1. The number of phenols is 1. The molecule has 0 aliphatic rings. The highest BCUT2D eigenvalue weighted by molar-refractivity contribution is 14.1. The number of amides is 1. The van der Waals surface area contributed by atoms with Crippen molar-refractivity contribution in [3.8, 4) is 17.2 Å². The van der Waals surface area contributed by atoms with Gasteiger partial charge in [-0.2, -0.15) is 5.10 Å². The fourth-order valence-electron chi connectivity index (χ4n) is 1.88. The average molecular weight is 426 g/mol. The van der Waals surface area contributed by atoms with Gasteiger partial charge < -0.3 is 14.6 Å². The Bertz CT molecular complexity index is 747. The molecule has 120 valence electrons. The van der Waals surface area contributed by atoms with Crippen molar-refractivity contribution < 1.29 is 19.4 Å². The maximum absolute atomic E-state index is 12.1. The molecule has 0 unspecified atom stereocenters. The van der Waals surface area contributed by atoms with Gasteiger partial charge in [-0.25, -0.2) is 5.43 Å². The van der Waals surface area contributed by atoms with Crippen LogP contribution < -0.4 is 14.9 Å². The average Bonchev–Trinajstić information content (AvgIpc) is 2.58. The summed E-state index contributed by atoms with van der Waals surface area (Å²) in [5, 5.41) is 13.8. The molecule has 0 bridgehead atoms. The van der Waals surface area contributed by atoms with E-state index in [1.165, 1.54) is 20.4 Å². The zero-order valence-corrected chi connectivity index (χ0v) is 14.7. The van der Waals surface area contributed by atoms with Crippen LogP contribution in [0, 0.1) is 3.57 Å². The van der Waals surface area contributed by atoms with Crippen LogP contribution >= 0.6 is 22.6 Å². The third kappa shape index (κ3) is 3.92. The highest BCUT2D eigenvalue weighted by Gasteiger charge is 2.11. The van der Waals surface area contributed by atoms with Crippen LogP contribution in [0.4, 0.5) is 0 Å². The molecule has 0 aliphatic carbocycles. The molecule has 1 amide bonds. The highest BCUT2D eigenvalue weighted by atomic mass is 127. The van der Waals surface area contributed by atoms with Crippen LogP contribution in [0.15, 0.2) is 41.5 Å². The van der Waals surface area contributed by atoms with Crippen LogP contribution in [0.2, 0.25) is 0 Å². The molecule has 0 fully saturated rings. The Hall–Kier alpha value is -2.29. The molecule has 0 aliphatic heterocycles. The number of hydrogen-bond acceptors (Lipinski definition) is 5. The number of rotatable bonds is 5. The van der Waals surface area contributed by atoms with Gasteiger partial charge in [0.15, 0.2) is 11.5 Å². The second-order valence-electron chi connectivity index (χ2n) is 4.42. The first-order valence-corrected chi connectivity index (χ1v) is 7.68. The molecule has 6 nitrogen and oxygen atoms in total. The third-order valence-corrected chi connectivity index (χ3v) is 4.18. The van der Waals surface area contributed by atoms with E-state index in [9.17, 15) is 9.90 Å². The minimum Gasteiger partial charge on any atom is -0.504 e. The lowest BCUT2D eigenvalue weighted by Crippen LogP contribution is -2.18. The van der Waals surface area contributed by atoms with Crippen molar-refractivity contribution in [3.05, 3.63) is 51.1 Å². The molecular weight excluding hydrogens is 411 g/mol. The first-order valence-electron chi connectivity index (χ1n) is 6.60. The van der Waals surface area contributed by atoms with Crippen molar-refractivity contribution in [1.82, 2.24) is 5.43 Å². The van der Waals surface area contributed by atoms with Crippen LogP contribution in [0.5, 0.6) is 17.2 Å². The van der Waals surface area contributed by atoms with Crippen LogP contribution in [-0.2, 0) is 0 Å². The largest absolute Gasteiger partial charge is 0.504 e. The number of carbonyl (C=O) groups is 1. The lowest BCUT2D eigenvalue weighted by molar-refractivity contribution is 0.0952. The number of benzene rings is 2. The summed E-state index contributed by atoms with van der Waals surface area (Å²) >= 11 is 1.98. The van der Waals surface area contributed by atoms with Gasteiger partial charge in [0.1, 0.15) is 5.75 Å². The molecule has 0 radical (unpaired) electrons. The minimum atomic E-state index is -0.383. The predicted molar refractivity (Wildman–Crippen MR) is 95.4 cm³/mol. The van der Waals surface area contributed by atoms with Gasteiger partial charge in [-0.15, -0.1) is 0 Å². The van der Waals surface area contributed by atoms with E-state index in [0.717, 1.165) is 0 Å². The summed E-state index contributed by atoms with van der Waals surface area (Å²) in [5.74, 6) is 0.501. The summed E-state index contributed by atoms with van der Waals surface area (Å²) in [7, 11) is 2.98. The number of halogens is 1. The summed E-state index contributed by atoms with van der Waals surface area (Å²) in [6, 6.07) is 10.2. The number of ether oxygens (including phenoxy) is 2. The maximum atomic E-state index is 12.1. The third-order valence-electron chi connectivity index (χ3n) is 3.05. The molecule has 2 aromatic rings. The molecule has 0 saturated carbocycles. The number of nitrogens with one attached hydrogen (secondary N) is 1. The number of para-hydroxylation sites is 1. The highest BCUT2D eigenvalue weighted by Crippen LogP contribution is 2.32. The van der Waals surface area contributed by atoms with Crippen LogP contribution in [-0.4, -0.2) is 31.4 Å². The molecule has 2 N–H and O–H groups in total. The Morgan fingerprint density at radius 2 is 1.87 bits per heavy atom. The molecule has 2 rings (SSSR count). The number of aromatic hydroxyl groups is 1. The Balaban J connectivity index is 2.13. The summed E-state index contributed by atoms with van der Waals surface area (Å²) in [6.07, 6.45) is 1.45. The molecule has 0 aromatic heterocycles. The van der Waals surface area contributed by atoms with Gasteiger partial charge in [0.05, 0.1) is 29.6 Å². The molecule has 0 saturated heterocycles. The van der Waals surface area contributed by atoms with E-state index in [-0.39, 0.29) is 11.7 Å². The number of hydrogen-bond donors (Lipinski definition) is 2. The molecule has 0 atom stereocenters. The van der Waals surface area contributed by atoms with E-state index >= 15 is 0 Å². The first-order chi connectivity index (χ1) is 11.1. The molecule has 7 heteroatoms.